The van der Waals surface area contributed by atoms with Gasteiger partial charge in [-0.2, -0.15) is 0 Å². The maximum atomic E-state index is 3.60. The molecule has 0 aliphatic carbocycles. The Hall–Kier alpha value is -0.780. The zero-order chi connectivity index (χ0) is 7.11. The van der Waals surface area contributed by atoms with Gasteiger partial charge >= 0.3 is 0 Å². The molecule has 0 atom stereocenters. The molecule has 0 fully saturated rings. The van der Waals surface area contributed by atoms with Gasteiger partial charge in [-0.05, 0) is 13.3 Å². The molecule has 58 valence electrons. The highest BCUT2D eigenvalue weighted by molar-refractivity contribution is 5.20. The molecule has 0 radical (unpaired) electrons. The van der Waals surface area contributed by atoms with E-state index in [1.807, 2.05) is 6.08 Å². The van der Waals surface area contributed by atoms with Gasteiger partial charge in [-0.25, -0.2) is 0 Å². The van der Waals surface area contributed by atoms with Crippen LogP contribution in [0.25, 0.3) is 0 Å². The Morgan fingerprint density at radius 2 is 2.10 bits per heavy atom. The number of allylic oxidation sites excluding steroid dienone is 5. The van der Waals surface area contributed by atoms with Crippen LogP contribution in [-0.4, -0.2) is 0 Å². The Morgan fingerprint density at radius 3 is 2.50 bits per heavy atom. The Kier molecular flexibility index (Phi) is 9.82. The molecule has 0 aromatic heterocycles. The first-order valence-corrected chi connectivity index (χ1v) is 3.27. The average Bonchev–Trinajstić information content (AvgIpc) is 1.85. The van der Waals surface area contributed by atoms with Gasteiger partial charge in [-0.15, -0.1) is 0 Å². The fourth-order valence-corrected chi connectivity index (χ4v) is 0.545. The Labute approximate surface area is 65.0 Å². The van der Waals surface area contributed by atoms with Crippen molar-refractivity contribution in [1.29, 1.82) is 0 Å². The van der Waals surface area contributed by atoms with Gasteiger partial charge in [-0.3, -0.25) is 0 Å². The summed E-state index contributed by atoms with van der Waals surface area (Å²) in [5.41, 5.74) is 1.26. The molecule has 0 aliphatic heterocycles. The van der Waals surface area contributed by atoms with Crippen molar-refractivity contribution < 1.29 is 0 Å². The van der Waals surface area contributed by atoms with E-state index in [1.54, 1.807) is 6.08 Å². The van der Waals surface area contributed by atoms with Gasteiger partial charge < -0.3 is 0 Å². The lowest BCUT2D eigenvalue weighted by atomic mass is 10.2. The monoisotopic (exact) mass is 138 g/mol. The van der Waals surface area contributed by atoms with E-state index in [0.29, 0.717) is 0 Å². The Bertz CT molecular complexity index is 127. The van der Waals surface area contributed by atoms with E-state index < -0.39 is 0 Å². The summed E-state index contributed by atoms with van der Waals surface area (Å²) in [5, 5.41) is 0. The normalized spacial score (nSPS) is 11.2. The van der Waals surface area contributed by atoms with Crippen molar-refractivity contribution in [3.63, 3.8) is 0 Å². The summed E-state index contributed by atoms with van der Waals surface area (Å²) in [7, 11) is 0. The molecule has 0 rings (SSSR count). The zero-order valence-electron chi connectivity index (χ0n) is 6.22. The first-order valence-electron chi connectivity index (χ1n) is 3.27. The van der Waals surface area contributed by atoms with Gasteiger partial charge in [0.1, 0.15) is 0 Å². The molecule has 0 aromatic carbocycles. The number of rotatable bonds is 3. The molecular weight excluding hydrogens is 120 g/mol. The first-order chi connectivity index (χ1) is 4.31. The topological polar surface area (TPSA) is 0 Å². The lowest BCUT2D eigenvalue weighted by Crippen LogP contribution is -1.63. The van der Waals surface area contributed by atoms with Gasteiger partial charge in [0.15, 0.2) is 0 Å². The highest BCUT2D eigenvalue weighted by atomic mass is 13.8. The van der Waals surface area contributed by atoms with Crippen LogP contribution in [0, 0.1) is 0 Å². The standard InChI is InChI=1S/C9H14.CH4/c1-4-6-8-9(3)7-5-2;/h5-8H,2,4H2,1,3H3;1H4/b8-6-,9-7-;. The van der Waals surface area contributed by atoms with E-state index in [2.05, 4.69) is 32.6 Å². The molecule has 0 nitrogen and oxygen atoms in total. The van der Waals surface area contributed by atoms with Crippen LogP contribution < -0.4 is 0 Å². The highest BCUT2D eigenvalue weighted by Crippen LogP contribution is 1.95. The minimum atomic E-state index is 0. The second-order valence-electron chi connectivity index (χ2n) is 1.96. The summed E-state index contributed by atoms with van der Waals surface area (Å²) in [5.74, 6) is 0. The third-order valence-corrected chi connectivity index (χ3v) is 0.997. The van der Waals surface area contributed by atoms with E-state index in [-0.39, 0.29) is 7.43 Å². The van der Waals surface area contributed by atoms with Gasteiger partial charge in [0, 0.05) is 0 Å². The molecule has 0 N–H and O–H groups in total. The SMILES string of the molecule is C.C=C/C=C(C)\C=C/CC. The Morgan fingerprint density at radius 1 is 1.50 bits per heavy atom. The van der Waals surface area contributed by atoms with Crippen molar-refractivity contribution in [3.05, 3.63) is 36.5 Å². The van der Waals surface area contributed by atoms with Crippen LogP contribution >= 0.6 is 0 Å². The maximum Gasteiger partial charge on any atom is -0.0376 e. The van der Waals surface area contributed by atoms with E-state index >= 15 is 0 Å². The summed E-state index contributed by atoms with van der Waals surface area (Å²) in [6.07, 6.45) is 9.13. The summed E-state index contributed by atoms with van der Waals surface area (Å²) in [6.45, 7) is 7.78. The van der Waals surface area contributed by atoms with E-state index in [4.69, 9.17) is 0 Å². The maximum absolute atomic E-state index is 3.60. The second-order valence-corrected chi connectivity index (χ2v) is 1.96. The molecule has 0 aromatic rings. The number of hydrogen-bond acceptors (Lipinski definition) is 0. The van der Waals surface area contributed by atoms with Crippen molar-refractivity contribution in [2.75, 3.05) is 0 Å². The molecular formula is C10H18. The van der Waals surface area contributed by atoms with Crippen LogP contribution in [0.4, 0.5) is 0 Å². The van der Waals surface area contributed by atoms with Crippen molar-refractivity contribution in [3.8, 4) is 0 Å². The zero-order valence-corrected chi connectivity index (χ0v) is 6.22. The van der Waals surface area contributed by atoms with Gasteiger partial charge in [-0.1, -0.05) is 50.8 Å². The van der Waals surface area contributed by atoms with Crippen LogP contribution in [-0.2, 0) is 0 Å². The predicted molar refractivity (Wildman–Crippen MR) is 50.1 cm³/mol. The molecule has 0 saturated heterocycles. The largest absolute Gasteiger partial charge is 0.0991 e. The van der Waals surface area contributed by atoms with Gasteiger partial charge in [0.05, 0.1) is 0 Å². The summed E-state index contributed by atoms with van der Waals surface area (Å²) < 4.78 is 0. The minimum Gasteiger partial charge on any atom is -0.0991 e. The second kappa shape index (κ2) is 8.22. The average molecular weight is 138 g/mol. The van der Waals surface area contributed by atoms with Gasteiger partial charge in [0.2, 0.25) is 0 Å². The minimum absolute atomic E-state index is 0. The van der Waals surface area contributed by atoms with E-state index in [9.17, 15) is 0 Å². The van der Waals surface area contributed by atoms with Crippen molar-refractivity contribution >= 4 is 0 Å². The fourth-order valence-electron chi connectivity index (χ4n) is 0.545. The van der Waals surface area contributed by atoms with Crippen LogP contribution in [0.2, 0.25) is 0 Å². The van der Waals surface area contributed by atoms with E-state index in [1.165, 1.54) is 5.57 Å². The Balaban J connectivity index is 0. The molecule has 0 amide bonds. The smallest absolute Gasteiger partial charge is 0.0376 e. The van der Waals surface area contributed by atoms with Crippen molar-refractivity contribution in [2.45, 2.75) is 27.7 Å². The fraction of sp³-hybridized carbons (Fsp3) is 0.400. The lowest BCUT2D eigenvalue weighted by molar-refractivity contribution is 1.22. The molecule has 0 heteroatoms. The summed E-state index contributed by atoms with van der Waals surface area (Å²) in [4.78, 5) is 0. The summed E-state index contributed by atoms with van der Waals surface area (Å²) >= 11 is 0. The molecule has 10 heavy (non-hydrogen) atoms. The molecule has 0 unspecified atom stereocenters. The van der Waals surface area contributed by atoms with Gasteiger partial charge in [0.25, 0.3) is 0 Å². The molecule has 0 aliphatic rings. The van der Waals surface area contributed by atoms with Crippen LogP contribution in [0.5, 0.6) is 0 Å². The van der Waals surface area contributed by atoms with Crippen LogP contribution in [0.3, 0.4) is 0 Å². The lowest BCUT2D eigenvalue weighted by Gasteiger charge is -1.84. The third-order valence-electron chi connectivity index (χ3n) is 0.997. The highest BCUT2D eigenvalue weighted by Gasteiger charge is 1.73. The number of hydrogen-bond donors (Lipinski definition) is 0. The third kappa shape index (κ3) is 7.22. The van der Waals surface area contributed by atoms with Crippen molar-refractivity contribution in [2.24, 2.45) is 0 Å². The predicted octanol–water partition coefficient (Wildman–Crippen LogP) is 3.72. The molecule has 0 bridgehead atoms. The van der Waals surface area contributed by atoms with Crippen molar-refractivity contribution in [1.82, 2.24) is 0 Å². The molecule has 0 saturated carbocycles. The molecule has 0 heterocycles. The summed E-state index contributed by atoms with van der Waals surface area (Å²) in [6, 6.07) is 0. The van der Waals surface area contributed by atoms with E-state index in [0.717, 1.165) is 6.42 Å². The van der Waals surface area contributed by atoms with Crippen LogP contribution in [0.1, 0.15) is 27.7 Å². The first kappa shape index (κ1) is 12.0. The molecule has 0 spiro atoms. The van der Waals surface area contributed by atoms with Crippen LogP contribution in [0.15, 0.2) is 36.5 Å². The quantitative estimate of drug-likeness (QED) is 0.521.